The lowest BCUT2D eigenvalue weighted by Crippen LogP contribution is -2.43. The largest absolute Gasteiger partial charge is 0.379 e. The molecule has 0 aromatic heterocycles. The normalized spacial score (nSPS) is 13.5. The van der Waals surface area contributed by atoms with E-state index >= 15 is 0 Å². The van der Waals surface area contributed by atoms with Gasteiger partial charge in [-0.25, -0.2) is 0 Å². The Labute approximate surface area is 105 Å². The molecule has 0 aliphatic rings. The average molecular weight is 236 g/mol. The minimum atomic E-state index is -0.146. The summed E-state index contributed by atoms with van der Waals surface area (Å²) in [6.07, 6.45) is 0.908. The SMILES string of the molecule is COC(C)(C)CC(CN)N(C)c1ccccc1. The van der Waals surface area contributed by atoms with Gasteiger partial charge in [-0.3, -0.25) is 0 Å². The van der Waals surface area contributed by atoms with Crippen molar-refractivity contribution in [1.29, 1.82) is 0 Å². The Hall–Kier alpha value is -1.06. The molecule has 0 amide bonds. The van der Waals surface area contributed by atoms with E-state index in [-0.39, 0.29) is 11.6 Å². The number of anilines is 1. The minimum Gasteiger partial charge on any atom is -0.379 e. The number of hydrogen-bond acceptors (Lipinski definition) is 3. The van der Waals surface area contributed by atoms with Crippen LogP contribution in [-0.2, 0) is 4.74 Å². The fourth-order valence-corrected chi connectivity index (χ4v) is 1.90. The molecule has 0 radical (unpaired) electrons. The van der Waals surface area contributed by atoms with E-state index in [2.05, 4.69) is 37.9 Å². The maximum absolute atomic E-state index is 5.88. The molecule has 0 spiro atoms. The molecule has 0 saturated carbocycles. The van der Waals surface area contributed by atoms with Gasteiger partial charge in [0.05, 0.1) is 5.60 Å². The number of para-hydroxylation sites is 1. The number of rotatable bonds is 6. The number of nitrogens with zero attached hydrogens (tertiary/aromatic N) is 1. The van der Waals surface area contributed by atoms with Gasteiger partial charge in [0, 0.05) is 32.4 Å². The smallest absolute Gasteiger partial charge is 0.0642 e. The van der Waals surface area contributed by atoms with Crippen LogP contribution in [0.5, 0.6) is 0 Å². The summed E-state index contributed by atoms with van der Waals surface area (Å²) in [4.78, 5) is 2.22. The number of likely N-dealkylation sites (N-methyl/N-ethyl adjacent to an activating group) is 1. The highest BCUT2D eigenvalue weighted by Gasteiger charge is 2.24. The van der Waals surface area contributed by atoms with Crippen molar-refractivity contribution in [3.63, 3.8) is 0 Å². The van der Waals surface area contributed by atoms with Gasteiger partial charge in [0.2, 0.25) is 0 Å². The first-order valence-corrected chi connectivity index (χ1v) is 6.03. The van der Waals surface area contributed by atoms with E-state index < -0.39 is 0 Å². The summed E-state index contributed by atoms with van der Waals surface area (Å²) in [7, 11) is 3.83. The summed E-state index contributed by atoms with van der Waals surface area (Å²) >= 11 is 0. The van der Waals surface area contributed by atoms with Gasteiger partial charge < -0.3 is 15.4 Å². The van der Waals surface area contributed by atoms with Crippen molar-refractivity contribution in [2.75, 3.05) is 25.6 Å². The van der Waals surface area contributed by atoms with Gasteiger partial charge in [0.25, 0.3) is 0 Å². The first-order chi connectivity index (χ1) is 8.00. The van der Waals surface area contributed by atoms with Crippen molar-refractivity contribution < 1.29 is 4.74 Å². The Bertz CT molecular complexity index is 324. The second-order valence-electron chi connectivity index (χ2n) is 5.00. The lowest BCUT2D eigenvalue weighted by molar-refractivity contribution is 0.0104. The molecule has 0 heterocycles. The molecule has 2 N–H and O–H groups in total. The molecule has 0 saturated heterocycles. The quantitative estimate of drug-likeness (QED) is 0.823. The molecule has 96 valence electrons. The van der Waals surface area contributed by atoms with Crippen LogP contribution in [0.1, 0.15) is 20.3 Å². The van der Waals surface area contributed by atoms with Gasteiger partial charge in [-0.1, -0.05) is 18.2 Å². The Balaban J connectivity index is 2.74. The molecular formula is C14H24N2O. The van der Waals surface area contributed by atoms with Crippen molar-refractivity contribution in [1.82, 2.24) is 0 Å². The Morgan fingerprint density at radius 1 is 1.29 bits per heavy atom. The second kappa shape index (κ2) is 6.03. The number of methoxy groups -OCH3 is 1. The lowest BCUT2D eigenvalue weighted by Gasteiger charge is -2.35. The Morgan fingerprint density at radius 2 is 1.88 bits per heavy atom. The molecule has 1 aromatic rings. The topological polar surface area (TPSA) is 38.5 Å². The third kappa shape index (κ3) is 4.02. The van der Waals surface area contributed by atoms with Crippen LogP contribution in [0.25, 0.3) is 0 Å². The number of benzene rings is 1. The molecule has 1 aromatic carbocycles. The van der Waals surface area contributed by atoms with Crippen LogP contribution in [0.2, 0.25) is 0 Å². The van der Waals surface area contributed by atoms with Crippen molar-refractivity contribution in [2.45, 2.75) is 31.9 Å². The molecule has 0 bridgehead atoms. The number of hydrogen-bond donors (Lipinski definition) is 1. The Kier molecular flexibility index (Phi) is 4.97. The van der Waals surface area contributed by atoms with Crippen molar-refractivity contribution in [3.8, 4) is 0 Å². The molecular weight excluding hydrogens is 212 g/mol. The predicted octanol–water partition coefficient (Wildman–Crippen LogP) is 2.27. The average Bonchev–Trinajstić information content (AvgIpc) is 2.36. The predicted molar refractivity (Wildman–Crippen MR) is 73.4 cm³/mol. The molecule has 1 rings (SSSR count). The van der Waals surface area contributed by atoms with E-state index in [9.17, 15) is 0 Å². The van der Waals surface area contributed by atoms with Crippen LogP contribution in [0.3, 0.4) is 0 Å². The summed E-state index contributed by atoms with van der Waals surface area (Å²) in [6, 6.07) is 10.6. The maximum Gasteiger partial charge on any atom is 0.0642 e. The van der Waals surface area contributed by atoms with Gasteiger partial charge in [-0.05, 0) is 32.4 Å². The molecule has 0 fully saturated rings. The zero-order chi connectivity index (χ0) is 12.9. The van der Waals surface area contributed by atoms with Gasteiger partial charge in [0.15, 0.2) is 0 Å². The highest BCUT2D eigenvalue weighted by Crippen LogP contribution is 2.22. The van der Waals surface area contributed by atoms with E-state index in [1.54, 1.807) is 7.11 Å². The van der Waals surface area contributed by atoms with E-state index in [0.29, 0.717) is 6.54 Å². The summed E-state index contributed by atoms with van der Waals surface area (Å²) in [6.45, 7) is 4.81. The van der Waals surface area contributed by atoms with Crippen LogP contribution in [-0.4, -0.2) is 32.3 Å². The first kappa shape index (κ1) is 14.0. The van der Waals surface area contributed by atoms with E-state index in [4.69, 9.17) is 10.5 Å². The lowest BCUT2D eigenvalue weighted by atomic mass is 9.97. The van der Waals surface area contributed by atoms with Gasteiger partial charge in [-0.2, -0.15) is 0 Å². The maximum atomic E-state index is 5.88. The molecule has 0 aliphatic carbocycles. The summed E-state index contributed by atoms with van der Waals surface area (Å²) < 4.78 is 5.47. The molecule has 3 nitrogen and oxygen atoms in total. The third-order valence-electron chi connectivity index (χ3n) is 3.26. The van der Waals surface area contributed by atoms with Gasteiger partial charge >= 0.3 is 0 Å². The van der Waals surface area contributed by atoms with Crippen LogP contribution in [0.15, 0.2) is 30.3 Å². The standard InChI is InChI=1S/C14H24N2O/c1-14(2,17-4)10-13(11-15)16(3)12-8-6-5-7-9-12/h5-9,13H,10-11,15H2,1-4H3. The van der Waals surface area contributed by atoms with Gasteiger partial charge in [-0.15, -0.1) is 0 Å². The van der Waals surface area contributed by atoms with E-state index in [1.807, 2.05) is 18.2 Å². The van der Waals surface area contributed by atoms with Gasteiger partial charge in [0.1, 0.15) is 0 Å². The van der Waals surface area contributed by atoms with Crippen molar-refractivity contribution in [2.24, 2.45) is 5.73 Å². The highest BCUT2D eigenvalue weighted by atomic mass is 16.5. The van der Waals surface area contributed by atoms with Crippen LogP contribution < -0.4 is 10.6 Å². The molecule has 1 atom stereocenters. The summed E-state index contributed by atoms with van der Waals surface area (Å²) in [5, 5.41) is 0. The van der Waals surface area contributed by atoms with Crippen molar-refractivity contribution >= 4 is 5.69 Å². The fourth-order valence-electron chi connectivity index (χ4n) is 1.90. The second-order valence-corrected chi connectivity index (χ2v) is 5.00. The summed E-state index contributed by atoms with van der Waals surface area (Å²) in [5.41, 5.74) is 6.92. The zero-order valence-corrected chi connectivity index (χ0v) is 11.3. The number of ether oxygens (including phenoxy) is 1. The fraction of sp³-hybridized carbons (Fsp3) is 0.571. The minimum absolute atomic E-state index is 0.146. The molecule has 17 heavy (non-hydrogen) atoms. The monoisotopic (exact) mass is 236 g/mol. The van der Waals surface area contributed by atoms with Crippen molar-refractivity contribution in [3.05, 3.63) is 30.3 Å². The van der Waals surface area contributed by atoms with E-state index in [1.165, 1.54) is 5.69 Å². The Morgan fingerprint density at radius 3 is 2.35 bits per heavy atom. The third-order valence-corrected chi connectivity index (χ3v) is 3.26. The molecule has 0 aliphatic heterocycles. The zero-order valence-electron chi connectivity index (χ0n) is 11.3. The van der Waals surface area contributed by atoms with E-state index in [0.717, 1.165) is 6.42 Å². The van der Waals surface area contributed by atoms with Crippen LogP contribution >= 0.6 is 0 Å². The highest BCUT2D eigenvalue weighted by molar-refractivity contribution is 5.46. The van der Waals surface area contributed by atoms with Crippen LogP contribution in [0.4, 0.5) is 5.69 Å². The molecule has 3 heteroatoms. The first-order valence-electron chi connectivity index (χ1n) is 6.03. The number of nitrogens with two attached hydrogens (primary N) is 1. The molecule has 1 unspecified atom stereocenters. The summed E-state index contributed by atoms with van der Waals surface area (Å²) in [5.74, 6) is 0. The van der Waals surface area contributed by atoms with Crippen LogP contribution in [0, 0.1) is 0 Å².